The monoisotopic (exact) mass is 363 g/mol. The van der Waals surface area contributed by atoms with Gasteiger partial charge in [0, 0.05) is 32.7 Å². The number of carbonyl (C=O) groups is 2. The van der Waals surface area contributed by atoms with Gasteiger partial charge in [-0.3, -0.25) is 4.79 Å². The van der Waals surface area contributed by atoms with Crippen LogP contribution in [0.1, 0.15) is 26.3 Å². The number of anilines is 1. The summed E-state index contributed by atoms with van der Waals surface area (Å²) in [6.07, 6.45) is 0.834. The Kier molecular flexibility index (Phi) is 6.23. The van der Waals surface area contributed by atoms with Crippen molar-refractivity contribution in [2.75, 3.05) is 31.1 Å². The third kappa shape index (κ3) is 5.47. The van der Waals surface area contributed by atoms with Crippen molar-refractivity contribution >= 4 is 17.7 Å². The van der Waals surface area contributed by atoms with Gasteiger partial charge in [-0.2, -0.15) is 0 Å². The van der Waals surface area contributed by atoms with Gasteiger partial charge in [-0.25, -0.2) is 9.18 Å². The molecule has 0 radical (unpaired) electrons. The molecule has 1 saturated heterocycles. The molecule has 0 unspecified atom stereocenters. The molecule has 0 atom stereocenters. The predicted molar refractivity (Wildman–Crippen MR) is 98.5 cm³/mol. The molecule has 0 aromatic heterocycles. The maximum atomic E-state index is 14.4. The van der Waals surface area contributed by atoms with E-state index >= 15 is 0 Å². The van der Waals surface area contributed by atoms with Crippen molar-refractivity contribution in [2.45, 2.75) is 32.9 Å². The van der Waals surface area contributed by atoms with Crippen LogP contribution in [0.25, 0.3) is 0 Å². The minimum absolute atomic E-state index is 0.245. The molecule has 0 aliphatic carbocycles. The first-order valence-corrected chi connectivity index (χ1v) is 8.61. The van der Waals surface area contributed by atoms with E-state index in [4.69, 9.17) is 4.74 Å². The summed E-state index contributed by atoms with van der Waals surface area (Å²) < 4.78 is 19.8. The van der Waals surface area contributed by atoms with E-state index in [9.17, 15) is 14.0 Å². The van der Waals surface area contributed by atoms with E-state index in [1.54, 1.807) is 17.0 Å². The Morgan fingerprint density at radius 1 is 1.27 bits per heavy atom. The molecule has 7 heteroatoms. The summed E-state index contributed by atoms with van der Waals surface area (Å²) in [5, 5.41) is 2.62. The fourth-order valence-electron chi connectivity index (χ4n) is 2.63. The van der Waals surface area contributed by atoms with E-state index < -0.39 is 5.60 Å². The molecule has 1 aromatic rings. The van der Waals surface area contributed by atoms with Crippen LogP contribution in [-0.4, -0.2) is 48.7 Å². The summed E-state index contributed by atoms with van der Waals surface area (Å²) in [6, 6.07) is 4.90. The fourth-order valence-corrected chi connectivity index (χ4v) is 2.63. The first kappa shape index (κ1) is 19.8. The molecule has 2 amide bonds. The van der Waals surface area contributed by atoms with E-state index in [0.29, 0.717) is 37.4 Å². The number of carbonyl (C=O) groups excluding carboxylic acids is 2. The quantitative estimate of drug-likeness (QED) is 0.836. The van der Waals surface area contributed by atoms with Gasteiger partial charge in [0.2, 0.25) is 5.91 Å². The summed E-state index contributed by atoms with van der Waals surface area (Å²) in [5.74, 6) is -0.645. The van der Waals surface area contributed by atoms with Gasteiger partial charge in [0.1, 0.15) is 11.4 Å². The molecule has 1 aromatic carbocycles. The zero-order valence-corrected chi connectivity index (χ0v) is 15.5. The number of halogens is 1. The van der Waals surface area contributed by atoms with Gasteiger partial charge in [-0.1, -0.05) is 12.6 Å². The van der Waals surface area contributed by atoms with Gasteiger partial charge in [-0.05, 0) is 44.5 Å². The lowest BCUT2D eigenvalue weighted by Gasteiger charge is -2.36. The number of benzene rings is 1. The van der Waals surface area contributed by atoms with E-state index in [1.165, 1.54) is 12.1 Å². The lowest BCUT2D eigenvalue weighted by Crippen LogP contribution is -2.50. The van der Waals surface area contributed by atoms with Crippen molar-refractivity contribution in [2.24, 2.45) is 0 Å². The summed E-state index contributed by atoms with van der Waals surface area (Å²) in [4.78, 5) is 26.8. The minimum Gasteiger partial charge on any atom is -0.444 e. The van der Waals surface area contributed by atoms with Crippen molar-refractivity contribution in [3.63, 3.8) is 0 Å². The highest BCUT2D eigenvalue weighted by Gasteiger charge is 2.26. The average Bonchev–Trinajstić information content (AvgIpc) is 2.58. The van der Waals surface area contributed by atoms with Crippen molar-refractivity contribution < 1.29 is 18.7 Å². The molecule has 0 saturated carbocycles. The topological polar surface area (TPSA) is 61.9 Å². The maximum absolute atomic E-state index is 14.4. The molecule has 1 N–H and O–H groups in total. The Bertz CT molecular complexity index is 677. The molecule has 1 aliphatic heterocycles. The number of piperazine rings is 1. The second-order valence-corrected chi connectivity index (χ2v) is 7.16. The van der Waals surface area contributed by atoms with Crippen LogP contribution in [0.5, 0.6) is 0 Å². The van der Waals surface area contributed by atoms with Crippen LogP contribution in [0, 0.1) is 5.82 Å². The molecule has 142 valence electrons. The van der Waals surface area contributed by atoms with Crippen LogP contribution in [0.2, 0.25) is 0 Å². The van der Waals surface area contributed by atoms with Crippen molar-refractivity contribution in [1.82, 2.24) is 10.2 Å². The molecule has 1 aliphatic rings. The smallest absolute Gasteiger partial charge is 0.410 e. The van der Waals surface area contributed by atoms with Crippen molar-refractivity contribution in [1.29, 1.82) is 0 Å². The first-order valence-electron chi connectivity index (χ1n) is 8.61. The van der Waals surface area contributed by atoms with Gasteiger partial charge in [0.25, 0.3) is 0 Å². The molecular weight excluding hydrogens is 337 g/mol. The second-order valence-electron chi connectivity index (χ2n) is 7.16. The summed E-state index contributed by atoms with van der Waals surface area (Å²) in [6.45, 7) is 11.1. The maximum Gasteiger partial charge on any atom is 0.410 e. The van der Waals surface area contributed by atoms with Gasteiger partial charge < -0.3 is 19.9 Å². The number of hydrogen-bond acceptors (Lipinski definition) is 4. The summed E-state index contributed by atoms with van der Waals surface area (Å²) >= 11 is 0. The zero-order valence-electron chi connectivity index (χ0n) is 15.5. The molecular formula is C19H26FN3O3. The molecule has 1 fully saturated rings. The molecule has 2 rings (SSSR count). The fraction of sp³-hybridized carbons (Fsp3) is 0.474. The Hall–Kier alpha value is -2.57. The average molecular weight is 363 g/mol. The van der Waals surface area contributed by atoms with E-state index in [-0.39, 0.29) is 24.4 Å². The highest BCUT2D eigenvalue weighted by Crippen LogP contribution is 2.22. The Balaban J connectivity index is 1.93. The highest BCUT2D eigenvalue weighted by atomic mass is 19.1. The largest absolute Gasteiger partial charge is 0.444 e. The lowest BCUT2D eigenvalue weighted by atomic mass is 10.1. The molecule has 0 spiro atoms. The number of rotatable bonds is 4. The Labute approximate surface area is 153 Å². The highest BCUT2D eigenvalue weighted by molar-refractivity contribution is 5.86. The molecule has 26 heavy (non-hydrogen) atoms. The number of nitrogens with zero attached hydrogens (tertiary/aromatic N) is 2. The first-order chi connectivity index (χ1) is 12.2. The van der Waals surface area contributed by atoms with Gasteiger partial charge in [0.15, 0.2) is 0 Å². The van der Waals surface area contributed by atoms with E-state index in [1.807, 2.05) is 25.7 Å². The number of hydrogen-bond donors (Lipinski definition) is 1. The van der Waals surface area contributed by atoms with Crippen LogP contribution < -0.4 is 10.2 Å². The lowest BCUT2D eigenvalue weighted by molar-refractivity contribution is -0.116. The third-order valence-corrected chi connectivity index (χ3v) is 3.94. The Morgan fingerprint density at radius 2 is 1.92 bits per heavy atom. The number of nitrogens with one attached hydrogen (secondary N) is 1. The van der Waals surface area contributed by atoms with Gasteiger partial charge in [-0.15, -0.1) is 0 Å². The Morgan fingerprint density at radius 3 is 2.46 bits per heavy atom. The molecule has 0 bridgehead atoms. The summed E-state index contributed by atoms with van der Waals surface area (Å²) in [5.41, 5.74) is 0.637. The van der Waals surface area contributed by atoms with Crippen LogP contribution in [-0.2, 0) is 16.1 Å². The van der Waals surface area contributed by atoms with Gasteiger partial charge in [0.05, 0.1) is 5.69 Å². The van der Waals surface area contributed by atoms with E-state index in [2.05, 4.69) is 11.9 Å². The minimum atomic E-state index is -0.531. The number of ether oxygens (including phenoxy) is 1. The SMILES string of the molecule is C=CC(=O)NCc1ccc(N2CCN(C(=O)OC(C)(C)C)CC2)c(F)c1. The zero-order chi connectivity index (χ0) is 19.3. The van der Waals surface area contributed by atoms with Crippen molar-refractivity contribution in [3.8, 4) is 0 Å². The normalized spacial score (nSPS) is 14.8. The van der Waals surface area contributed by atoms with Crippen LogP contribution in [0.3, 0.4) is 0 Å². The van der Waals surface area contributed by atoms with Crippen molar-refractivity contribution in [3.05, 3.63) is 42.2 Å². The molecule has 1 heterocycles. The second kappa shape index (κ2) is 8.21. The summed E-state index contributed by atoms with van der Waals surface area (Å²) in [7, 11) is 0. The van der Waals surface area contributed by atoms with Crippen LogP contribution in [0.4, 0.5) is 14.9 Å². The third-order valence-electron chi connectivity index (χ3n) is 3.94. The van der Waals surface area contributed by atoms with Crippen LogP contribution in [0.15, 0.2) is 30.9 Å². The van der Waals surface area contributed by atoms with Crippen LogP contribution >= 0.6 is 0 Å². The standard InChI is InChI=1S/C19H26FN3O3/c1-5-17(24)21-13-14-6-7-16(15(20)12-14)22-8-10-23(11-9-22)18(25)26-19(2,3)4/h5-7,12H,1,8-11,13H2,2-4H3,(H,21,24). The molecule has 6 nitrogen and oxygen atoms in total. The number of amides is 2. The van der Waals surface area contributed by atoms with E-state index in [0.717, 1.165) is 0 Å². The predicted octanol–water partition coefficient (Wildman–Crippen LogP) is 2.69. The van der Waals surface area contributed by atoms with Gasteiger partial charge >= 0.3 is 6.09 Å².